The van der Waals surface area contributed by atoms with Crippen molar-refractivity contribution >= 4 is 11.6 Å². The normalized spacial score (nSPS) is 12.5. The molecule has 1 aromatic rings. The van der Waals surface area contributed by atoms with Crippen LogP contribution in [0, 0.1) is 11.3 Å². The number of anilines is 1. The first kappa shape index (κ1) is 9.53. The molecule has 0 aliphatic carbocycles. The van der Waals surface area contributed by atoms with Crippen LogP contribution in [0.4, 0.5) is 5.69 Å². The molecule has 0 spiro atoms. The summed E-state index contributed by atoms with van der Waals surface area (Å²) < 4.78 is 0. The zero-order chi connectivity index (χ0) is 10.7. The monoisotopic (exact) mass is 201 g/mol. The van der Waals surface area contributed by atoms with Gasteiger partial charge >= 0.3 is 0 Å². The van der Waals surface area contributed by atoms with E-state index in [-0.39, 0.29) is 12.5 Å². The molecule has 0 fully saturated rings. The fourth-order valence-electron chi connectivity index (χ4n) is 1.65. The number of carbonyl (C=O) groups is 1. The lowest BCUT2D eigenvalue weighted by atomic mass is 10.1. The van der Waals surface area contributed by atoms with Gasteiger partial charge in [0.15, 0.2) is 0 Å². The number of amides is 1. The molecule has 1 heterocycles. The van der Waals surface area contributed by atoms with Gasteiger partial charge < -0.3 is 10.6 Å². The number of nitriles is 1. The molecule has 4 nitrogen and oxygen atoms in total. The summed E-state index contributed by atoms with van der Waals surface area (Å²) in [6.45, 7) is 0.974. The SMILES string of the molecule is N#CCNC(=O)c1ccc2c(c1)NCC2. The van der Waals surface area contributed by atoms with E-state index < -0.39 is 0 Å². The molecule has 15 heavy (non-hydrogen) atoms. The van der Waals surface area contributed by atoms with Crippen LogP contribution < -0.4 is 10.6 Å². The standard InChI is InChI=1S/C11H11N3O/c12-4-6-14-11(15)9-2-1-8-3-5-13-10(8)7-9/h1-2,7,13H,3,5-6H2,(H,14,15). The molecule has 0 saturated heterocycles. The second-order valence-electron chi connectivity index (χ2n) is 3.39. The predicted molar refractivity (Wildman–Crippen MR) is 56.6 cm³/mol. The van der Waals surface area contributed by atoms with Crippen molar-refractivity contribution in [1.29, 1.82) is 5.26 Å². The van der Waals surface area contributed by atoms with Gasteiger partial charge in [-0.05, 0) is 24.1 Å². The Hall–Kier alpha value is -2.02. The van der Waals surface area contributed by atoms with Crippen molar-refractivity contribution in [2.45, 2.75) is 6.42 Å². The van der Waals surface area contributed by atoms with Crippen molar-refractivity contribution in [2.75, 3.05) is 18.4 Å². The minimum atomic E-state index is -0.201. The van der Waals surface area contributed by atoms with Gasteiger partial charge in [0.05, 0.1) is 6.07 Å². The highest BCUT2D eigenvalue weighted by atomic mass is 16.1. The Bertz CT molecular complexity index is 434. The number of hydrogen-bond donors (Lipinski definition) is 2. The van der Waals surface area contributed by atoms with E-state index in [9.17, 15) is 4.79 Å². The van der Waals surface area contributed by atoms with Crippen molar-refractivity contribution in [1.82, 2.24) is 5.32 Å². The lowest BCUT2D eigenvalue weighted by Crippen LogP contribution is -2.23. The number of hydrogen-bond acceptors (Lipinski definition) is 3. The molecule has 1 amide bonds. The van der Waals surface area contributed by atoms with E-state index in [2.05, 4.69) is 10.6 Å². The molecule has 2 N–H and O–H groups in total. The molecule has 0 unspecified atom stereocenters. The van der Waals surface area contributed by atoms with Gasteiger partial charge in [-0.25, -0.2) is 0 Å². The highest BCUT2D eigenvalue weighted by Crippen LogP contribution is 2.22. The van der Waals surface area contributed by atoms with Crippen LogP contribution in [0.3, 0.4) is 0 Å². The maximum absolute atomic E-state index is 11.5. The fourth-order valence-corrected chi connectivity index (χ4v) is 1.65. The van der Waals surface area contributed by atoms with Gasteiger partial charge in [0.25, 0.3) is 5.91 Å². The van der Waals surface area contributed by atoms with E-state index in [0.29, 0.717) is 5.56 Å². The van der Waals surface area contributed by atoms with Crippen molar-refractivity contribution in [3.8, 4) is 6.07 Å². The Balaban J connectivity index is 2.16. The highest BCUT2D eigenvalue weighted by molar-refractivity contribution is 5.95. The first-order chi connectivity index (χ1) is 7.31. The maximum atomic E-state index is 11.5. The number of nitrogens with one attached hydrogen (secondary N) is 2. The van der Waals surface area contributed by atoms with Gasteiger partial charge in [-0.1, -0.05) is 6.07 Å². The van der Waals surface area contributed by atoms with Crippen LogP contribution in [-0.4, -0.2) is 19.0 Å². The number of nitrogens with zero attached hydrogens (tertiary/aromatic N) is 1. The average Bonchev–Trinajstić information content (AvgIpc) is 2.72. The van der Waals surface area contributed by atoms with E-state index in [1.54, 1.807) is 6.07 Å². The molecule has 0 bridgehead atoms. The molecule has 0 radical (unpaired) electrons. The van der Waals surface area contributed by atoms with E-state index in [0.717, 1.165) is 18.7 Å². The van der Waals surface area contributed by atoms with Gasteiger partial charge in [-0.15, -0.1) is 0 Å². The highest BCUT2D eigenvalue weighted by Gasteiger charge is 2.12. The Morgan fingerprint density at radius 2 is 2.47 bits per heavy atom. The zero-order valence-corrected chi connectivity index (χ0v) is 8.21. The van der Waals surface area contributed by atoms with Gasteiger partial charge in [-0.3, -0.25) is 4.79 Å². The molecule has 0 aromatic heterocycles. The summed E-state index contributed by atoms with van der Waals surface area (Å²) >= 11 is 0. The smallest absolute Gasteiger partial charge is 0.252 e. The zero-order valence-electron chi connectivity index (χ0n) is 8.21. The molecule has 0 saturated carbocycles. The van der Waals surface area contributed by atoms with Gasteiger partial charge in [0.2, 0.25) is 0 Å². The van der Waals surface area contributed by atoms with Crippen LogP contribution in [0.15, 0.2) is 18.2 Å². The number of carbonyl (C=O) groups excluding carboxylic acids is 1. The summed E-state index contributed by atoms with van der Waals surface area (Å²) in [6.07, 6.45) is 1.01. The van der Waals surface area contributed by atoms with Crippen molar-refractivity contribution in [3.05, 3.63) is 29.3 Å². The first-order valence-electron chi connectivity index (χ1n) is 4.83. The molecule has 0 atom stereocenters. The molecule has 1 aliphatic heterocycles. The summed E-state index contributed by atoms with van der Waals surface area (Å²) in [5, 5.41) is 14.1. The number of fused-ring (bicyclic) bond motifs is 1. The Morgan fingerprint density at radius 3 is 3.27 bits per heavy atom. The van der Waals surface area contributed by atoms with Crippen molar-refractivity contribution in [3.63, 3.8) is 0 Å². The largest absolute Gasteiger partial charge is 0.384 e. The number of rotatable bonds is 2. The molecule has 4 heteroatoms. The maximum Gasteiger partial charge on any atom is 0.252 e. The van der Waals surface area contributed by atoms with E-state index in [1.807, 2.05) is 18.2 Å². The Morgan fingerprint density at radius 1 is 1.60 bits per heavy atom. The molecule has 2 rings (SSSR count). The fraction of sp³-hybridized carbons (Fsp3) is 0.273. The van der Waals surface area contributed by atoms with Gasteiger partial charge in [-0.2, -0.15) is 5.26 Å². The quantitative estimate of drug-likeness (QED) is 0.699. The second kappa shape index (κ2) is 4.01. The van der Waals surface area contributed by atoms with Crippen LogP contribution in [0.5, 0.6) is 0 Å². The third-order valence-electron chi connectivity index (χ3n) is 2.41. The minimum absolute atomic E-state index is 0.0450. The summed E-state index contributed by atoms with van der Waals surface area (Å²) in [6, 6.07) is 7.45. The van der Waals surface area contributed by atoms with Crippen LogP contribution in [0.25, 0.3) is 0 Å². The van der Waals surface area contributed by atoms with E-state index >= 15 is 0 Å². The second-order valence-corrected chi connectivity index (χ2v) is 3.39. The third-order valence-corrected chi connectivity index (χ3v) is 2.41. The summed E-state index contributed by atoms with van der Waals surface area (Å²) in [5.41, 5.74) is 2.87. The van der Waals surface area contributed by atoms with Gasteiger partial charge in [0.1, 0.15) is 6.54 Å². The first-order valence-corrected chi connectivity index (χ1v) is 4.83. The Labute approximate surface area is 87.9 Å². The molecular weight excluding hydrogens is 190 g/mol. The lowest BCUT2D eigenvalue weighted by Gasteiger charge is -2.04. The molecule has 1 aliphatic rings. The summed E-state index contributed by atoms with van der Waals surface area (Å²) in [4.78, 5) is 11.5. The molecular formula is C11H11N3O. The van der Waals surface area contributed by atoms with Gasteiger partial charge in [0, 0.05) is 17.8 Å². The molecule has 1 aromatic carbocycles. The van der Waals surface area contributed by atoms with Crippen LogP contribution in [0.2, 0.25) is 0 Å². The average molecular weight is 201 g/mol. The number of benzene rings is 1. The summed E-state index contributed by atoms with van der Waals surface area (Å²) in [5.74, 6) is -0.201. The Kier molecular flexibility index (Phi) is 2.55. The van der Waals surface area contributed by atoms with Crippen LogP contribution >= 0.6 is 0 Å². The summed E-state index contributed by atoms with van der Waals surface area (Å²) in [7, 11) is 0. The molecule has 76 valence electrons. The third kappa shape index (κ3) is 1.91. The van der Waals surface area contributed by atoms with Crippen molar-refractivity contribution < 1.29 is 4.79 Å². The lowest BCUT2D eigenvalue weighted by molar-refractivity contribution is 0.0958. The van der Waals surface area contributed by atoms with E-state index in [1.165, 1.54) is 5.56 Å². The van der Waals surface area contributed by atoms with Crippen LogP contribution in [-0.2, 0) is 6.42 Å². The minimum Gasteiger partial charge on any atom is -0.384 e. The van der Waals surface area contributed by atoms with Crippen LogP contribution in [0.1, 0.15) is 15.9 Å². The van der Waals surface area contributed by atoms with Crippen molar-refractivity contribution in [2.24, 2.45) is 0 Å². The van der Waals surface area contributed by atoms with E-state index in [4.69, 9.17) is 5.26 Å². The topological polar surface area (TPSA) is 64.9 Å². The predicted octanol–water partition coefficient (Wildman–Crippen LogP) is 0.908.